The average molecular weight is 207 g/mol. The van der Waals surface area contributed by atoms with Gasteiger partial charge in [0.25, 0.3) is 0 Å². The van der Waals surface area contributed by atoms with E-state index in [1.54, 1.807) is 0 Å². The summed E-state index contributed by atoms with van der Waals surface area (Å²) in [6.07, 6.45) is 5.53. The molecule has 15 heavy (non-hydrogen) atoms. The minimum atomic E-state index is 0.545. The number of nitrogens with two attached hydrogens (primary N) is 1. The zero-order valence-electron chi connectivity index (χ0n) is 9.74. The topological polar surface area (TPSA) is 43.8 Å². The molecular formula is C12H21N3. The van der Waals surface area contributed by atoms with E-state index in [1.807, 2.05) is 6.33 Å². The number of rotatable bonds is 3. The lowest BCUT2D eigenvalue weighted by Gasteiger charge is -2.21. The van der Waals surface area contributed by atoms with Gasteiger partial charge in [0.15, 0.2) is 0 Å². The molecule has 0 aromatic carbocycles. The van der Waals surface area contributed by atoms with Gasteiger partial charge in [0.2, 0.25) is 0 Å². The molecule has 84 valence electrons. The maximum Gasteiger partial charge on any atom is 0.0951 e. The fourth-order valence-corrected chi connectivity index (χ4v) is 2.29. The van der Waals surface area contributed by atoms with Crippen molar-refractivity contribution in [1.82, 2.24) is 9.55 Å². The normalized spacial score (nSPS) is 22.5. The Kier molecular flexibility index (Phi) is 3.10. The lowest BCUT2D eigenvalue weighted by molar-refractivity contribution is 0.397. The minimum absolute atomic E-state index is 0.545. The molecule has 0 amide bonds. The Morgan fingerprint density at radius 3 is 3.20 bits per heavy atom. The molecule has 2 N–H and O–H groups in total. The van der Waals surface area contributed by atoms with Gasteiger partial charge in [-0.25, -0.2) is 4.98 Å². The van der Waals surface area contributed by atoms with Gasteiger partial charge in [-0.15, -0.1) is 0 Å². The zero-order chi connectivity index (χ0) is 10.8. The monoisotopic (exact) mass is 207 g/mol. The highest BCUT2D eigenvalue weighted by atomic mass is 15.1. The predicted octanol–water partition coefficient (Wildman–Crippen LogP) is 1.60. The van der Waals surface area contributed by atoms with Crippen LogP contribution in [0.15, 0.2) is 6.33 Å². The highest BCUT2D eigenvalue weighted by molar-refractivity contribution is 5.16. The molecule has 2 atom stereocenters. The minimum Gasteiger partial charge on any atom is -0.334 e. The highest BCUT2D eigenvalue weighted by Crippen LogP contribution is 2.23. The molecule has 0 fully saturated rings. The van der Waals surface area contributed by atoms with Crippen molar-refractivity contribution in [2.75, 3.05) is 6.54 Å². The van der Waals surface area contributed by atoms with Gasteiger partial charge >= 0.3 is 0 Å². The maximum absolute atomic E-state index is 5.65. The summed E-state index contributed by atoms with van der Waals surface area (Å²) in [5.74, 6) is 1.34. The van der Waals surface area contributed by atoms with E-state index in [4.69, 9.17) is 5.73 Å². The first-order chi connectivity index (χ1) is 7.20. The number of nitrogens with zero attached hydrogens (tertiary/aromatic N) is 2. The van der Waals surface area contributed by atoms with E-state index in [1.165, 1.54) is 24.2 Å². The average Bonchev–Trinajstić information content (AvgIpc) is 2.60. The van der Waals surface area contributed by atoms with Gasteiger partial charge in [-0.1, -0.05) is 13.8 Å². The van der Waals surface area contributed by atoms with Crippen molar-refractivity contribution in [3.8, 4) is 0 Å². The first kappa shape index (κ1) is 10.7. The van der Waals surface area contributed by atoms with Crippen molar-refractivity contribution in [3.63, 3.8) is 0 Å². The molecule has 0 spiro atoms. The van der Waals surface area contributed by atoms with Gasteiger partial charge in [-0.2, -0.15) is 0 Å². The molecule has 2 rings (SSSR count). The molecule has 1 aromatic rings. The number of imidazole rings is 1. The van der Waals surface area contributed by atoms with E-state index in [0.717, 1.165) is 25.4 Å². The van der Waals surface area contributed by atoms with Gasteiger partial charge in [0, 0.05) is 12.2 Å². The van der Waals surface area contributed by atoms with Crippen molar-refractivity contribution in [2.45, 2.75) is 39.7 Å². The fraction of sp³-hybridized carbons (Fsp3) is 0.750. The Bertz CT molecular complexity index is 330. The molecule has 0 aliphatic carbocycles. The predicted molar refractivity (Wildman–Crippen MR) is 61.6 cm³/mol. The van der Waals surface area contributed by atoms with Crippen LogP contribution in [-0.2, 0) is 19.4 Å². The van der Waals surface area contributed by atoms with Crippen LogP contribution in [-0.4, -0.2) is 16.1 Å². The van der Waals surface area contributed by atoms with Gasteiger partial charge in [0.05, 0.1) is 12.0 Å². The molecule has 0 saturated heterocycles. The van der Waals surface area contributed by atoms with Gasteiger partial charge in [-0.05, 0) is 37.6 Å². The van der Waals surface area contributed by atoms with Crippen LogP contribution in [0.2, 0.25) is 0 Å². The van der Waals surface area contributed by atoms with Crippen LogP contribution in [0, 0.1) is 11.8 Å². The van der Waals surface area contributed by atoms with Crippen LogP contribution < -0.4 is 5.73 Å². The molecule has 3 heteroatoms. The van der Waals surface area contributed by atoms with Crippen LogP contribution in [0.1, 0.15) is 31.7 Å². The molecule has 1 aliphatic heterocycles. The second-order valence-electron chi connectivity index (χ2n) is 4.98. The zero-order valence-corrected chi connectivity index (χ0v) is 9.74. The summed E-state index contributed by atoms with van der Waals surface area (Å²) < 4.78 is 2.33. The molecule has 0 saturated carbocycles. The molecule has 2 unspecified atom stereocenters. The van der Waals surface area contributed by atoms with Crippen molar-refractivity contribution in [3.05, 3.63) is 17.7 Å². The first-order valence-corrected chi connectivity index (χ1v) is 5.93. The first-order valence-electron chi connectivity index (χ1n) is 5.93. The lowest BCUT2D eigenvalue weighted by atomic mass is 9.96. The van der Waals surface area contributed by atoms with Gasteiger partial charge in [-0.3, -0.25) is 0 Å². The van der Waals surface area contributed by atoms with E-state index < -0.39 is 0 Å². The molecule has 3 nitrogen and oxygen atoms in total. The van der Waals surface area contributed by atoms with E-state index in [0.29, 0.717) is 5.92 Å². The second kappa shape index (κ2) is 4.35. The van der Waals surface area contributed by atoms with Gasteiger partial charge in [0.1, 0.15) is 0 Å². The third-order valence-electron chi connectivity index (χ3n) is 3.36. The molecule has 1 aliphatic rings. The SMILES string of the molecule is CC(CN)Cc1ncn2c1CCC(C)C2. The summed E-state index contributed by atoms with van der Waals surface area (Å²) in [5, 5.41) is 0. The smallest absolute Gasteiger partial charge is 0.0951 e. The standard InChI is InChI=1S/C12H21N3/c1-9-3-4-12-11(5-10(2)6-13)14-8-15(12)7-9/h8-10H,3-7,13H2,1-2H3. The third-order valence-corrected chi connectivity index (χ3v) is 3.36. The van der Waals surface area contributed by atoms with E-state index in [2.05, 4.69) is 23.4 Å². The number of hydrogen-bond donors (Lipinski definition) is 1. The van der Waals surface area contributed by atoms with Crippen molar-refractivity contribution < 1.29 is 0 Å². The van der Waals surface area contributed by atoms with E-state index in [9.17, 15) is 0 Å². The van der Waals surface area contributed by atoms with Crippen molar-refractivity contribution in [2.24, 2.45) is 17.6 Å². The Morgan fingerprint density at radius 1 is 1.67 bits per heavy atom. The molecule has 0 bridgehead atoms. The number of hydrogen-bond acceptors (Lipinski definition) is 2. The summed E-state index contributed by atoms with van der Waals surface area (Å²) in [6.45, 7) is 6.39. The Hall–Kier alpha value is -0.830. The summed E-state index contributed by atoms with van der Waals surface area (Å²) >= 11 is 0. The quantitative estimate of drug-likeness (QED) is 0.818. The van der Waals surface area contributed by atoms with Crippen molar-refractivity contribution in [1.29, 1.82) is 0 Å². The molecule has 1 aromatic heterocycles. The summed E-state index contributed by atoms with van der Waals surface area (Å²) in [4.78, 5) is 4.53. The molecule has 0 radical (unpaired) electrons. The number of aromatic nitrogens is 2. The fourth-order valence-electron chi connectivity index (χ4n) is 2.29. The largest absolute Gasteiger partial charge is 0.334 e. The Morgan fingerprint density at radius 2 is 2.47 bits per heavy atom. The Labute approximate surface area is 91.7 Å². The van der Waals surface area contributed by atoms with E-state index in [-0.39, 0.29) is 0 Å². The van der Waals surface area contributed by atoms with Crippen LogP contribution in [0.5, 0.6) is 0 Å². The maximum atomic E-state index is 5.65. The second-order valence-corrected chi connectivity index (χ2v) is 4.98. The van der Waals surface area contributed by atoms with Gasteiger partial charge < -0.3 is 10.3 Å². The van der Waals surface area contributed by atoms with E-state index >= 15 is 0 Å². The van der Waals surface area contributed by atoms with Crippen LogP contribution in [0.4, 0.5) is 0 Å². The lowest BCUT2D eigenvalue weighted by Crippen LogP contribution is -2.19. The Balaban J connectivity index is 2.13. The van der Waals surface area contributed by atoms with Crippen molar-refractivity contribution >= 4 is 0 Å². The highest BCUT2D eigenvalue weighted by Gasteiger charge is 2.19. The molecular weight excluding hydrogens is 186 g/mol. The van der Waals surface area contributed by atoms with Crippen LogP contribution in [0.25, 0.3) is 0 Å². The van der Waals surface area contributed by atoms with Crippen LogP contribution in [0.3, 0.4) is 0 Å². The van der Waals surface area contributed by atoms with Crippen LogP contribution >= 0.6 is 0 Å². The summed E-state index contributed by atoms with van der Waals surface area (Å²) in [7, 11) is 0. The summed E-state index contributed by atoms with van der Waals surface area (Å²) in [5.41, 5.74) is 8.38. The molecule has 2 heterocycles. The third kappa shape index (κ3) is 2.23. The summed E-state index contributed by atoms with van der Waals surface area (Å²) in [6, 6.07) is 0. The number of fused-ring (bicyclic) bond motifs is 1.